The number of likely N-dealkylation sites (tertiary alicyclic amines) is 1. The molecule has 0 aromatic heterocycles. The predicted octanol–water partition coefficient (Wildman–Crippen LogP) is 3.85. The molecule has 1 unspecified atom stereocenters. The number of carbonyl (C=O) groups is 2. The Morgan fingerprint density at radius 1 is 1.10 bits per heavy atom. The molecule has 2 aromatic carbocycles. The van der Waals surface area contributed by atoms with Gasteiger partial charge in [0, 0.05) is 19.2 Å². The van der Waals surface area contributed by atoms with Crippen LogP contribution in [0.25, 0.3) is 5.76 Å². The Morgan fingerprint density at radius 2 is 1.83 bits per heavy atom. The summed E-state index contributed by atoms with van der Waals surface area (Å²) in [5, 5.41) is 11.1. The highest BCUT2D eigenvalue weighted by Gasteiger charge is 2.45. The van der Waals surface area contributed by atoms with E-state index in [0.717, 1.165) is 17.5 Å². The van der Waals surface area contributed by atoms with Crippen LogP contribution in [0.4, 0.5) is 0 Å². The lowest BCUT2D eigenvalue weighted by Gasteiger charge is -2.25. The van der Waals surface area contributed by atoms with E-state index in [2.05, 4.69) is 0 Å². The number of amides is 1. The Balaban J connectivity index is 2.10. The number of hydrogen-bond acceptors (Lipinski definition) is 5. The van der Waals surface area contributed by atoms with Gasteiger partial charge in [0.25, 0.3) is 11.7 Å². The average Bonchev–Trinajstić information content (AvgIpc) is 3.01. The van der Waals surface area contributed by atoms with E-state index in [1.165, 1.54) is 4.90 Å². The molecule has 3 rings (SSSR count). The molecule has 1 aliphatic heterocycles. The van der Waals surface area contributed by atoms with E-state index in [4.69, 9.17) is 9.47 Å². The molecule has 6 nitrogen and oxygen atoms in total. The summed E-state index contributed by atoms with van der Waals surface area (Å²) in [7, 11) is 1.54. The van der Waals surface area contributed by atoms with Crippen LogP contribution in [0.2, 0.25) is 0 Å². The van der Waals surface area contributed by atoms with E-state index in [-0.39, 0.29) is 24.5 Å². The minimum atomic E-state index is -0.700. The lowest BCUT2D eigenvalue weighted by molar-refractivity contribution is -0.140. The van der Waals surface area contributed by atoms with E-state index in [1.807, 2.05) is 38.1 Å². The first-order chi connectivity index (χ1) is 14.5. The molecular weight excluding hydrogens is 382 g/mol. The summed E-state index contributed by atoms with van der Waals surface area (Å²) in [6, 6.07) is 13.8. The Labute approximate surface area is 176 Å². The molecule has 1 atom stereocenters. The van der Waals surface area contributed by atoms with Crippen molar-refractivity contribution in [1.29, 1.82) is 0 Å². The van der Waals surface area contributed by atoms with Crippen molar-refractivity contribution in [3.05, 3.63) is 70.8 Å². The van der Waals surface area contributed by atoms with Crippen LogP contribution in [0.15, 0.2) is 54.1 Å². The Morgan fingerprint density at radius 3 is 2.50 bits per heavy atom. The van der Waals surface area contributed by atoms with Gasteiger partial charge >= 0.3 is 0 Å². The monoisotopic (exact) mass is 409 g/mol. The molecule has 0 bridgehead atoms. The topological polar surface area (TPSA) is 76.1 Å². The number of benzene rings is 2. The quantitative estimate of drug-likeness (QED) is 0.407. The van der Waals surface area contributed by atoms with Crippen molar-refractivity contribution in [2.75, 3.05) is 26.9 Å². The van der Waals surface area contributed by atoms with Crippen molar-refractivity contribution in [1.82, 2.24) is 4.90 Å². The first kappa shape index (κ1) is 21.6. The summed E-state index contributed by atoms with van der Waals surface area (Å²) in [5.74, 6) is -0.950. The van der Waals surface area contributed by atoms with Gasteiger partial charge in [-0.2, -0.15) is 0 Å². The van der Waals surface area contributed by atoms with Gasteiger partial charge in [-0.25, -0.2) is 0 Å². The molecule has 0 spiro atoms. The van der Waals surface area contributed by atoms with Crippen LogP contribution in [-0.2, 0) is 14.3 Å². The number of rotatable bonds is 8. The molecule has 1 saturated heterocycles. The van der Waals surface area contributed by atoms with Crippen molar-refractivity contribution >= 4 is 17.4 Å². The molecule has 30 heavy (non-hydrogen) atoms. The van der Waals surface area contributed by atoms with Crippen molar-refractivity contribution in [2.24, 2.45) is 0 Å². The number of hydrogen-bond donors (Lipinski definition) is 1. The van der Waals surface area contributed by atoms with Crippen LogP contribution in [0.3, 0.4) is 0 Å². The summed E-state index contributed by atoms with van der Waals surface area (Å²) in [5.41, 5.74) is 2.34. The Kier molecular flexibility index (Phi) is 6.90. The third kappa shape index (κ3) is 4.39. The van der Waals surface area contributed by atoms with E-state index in [1.54, 1.807) is 31.4 Å². The van der Waals surface area contributed by atoms with Crippen LogP contribution in [0.5, 0.6) is 5.75 Å². The average molecular weight is 409 g/mol. The van der Waals surface area contributed by atoms with Gasteiger partial charge in [-0.3, -0.25) is 9.59 Å². The van der Waals surface area contributed by atoms with E-state index < -0.39 is 17.7 Å². The van der Waals surface area contributed by atoms with Crippen LogP contribution < -0.4 is 4.74 Å². The number of aliphatic hydroxyl groups excluding tert-OH is 1. The molecule has 1 N–H and O–H groups in total. The maximum Gasteiger partial charge on any atom is 0.295 e. The summed E-state index contributed by atoms with van der Waals surface area (Å²) in [6.07, 6.45) is 0.855. The first-order valence-electron chi connectivity index (χ1n) is 10.0. The number of aliphatic hydroxyl groups is 1. The molecule has 2 aromatic rings. The third-order valence-electron chi connectivity index (χ3n) is 5.05. The summed E-state index contributed by atoms with van der Waals surface area (Å²) >= 11 is 0. The number of ketones is 1. The van der Waals surface area contributed by atoms with Gasteiger partial charge in [-0.1, -0.05) is 48.9 Å². The lowest BCUT2D eigenvalue weighted by Crippen LogP contribution is -2.32. The van der Waals surface area contributed by atoms with E-state index in [0.29, 0.717) is 17.9 Å². The Hall–Kier alpha value is -3.12. The van der Waals surface area contributed by atoms with Crippen molar-refractivity contribution in [2.45, 2.75) is 26.3 Å². The van der Waals surface area contributed by atoms with Crippen LogP contribution in [0, 0.1) is 6.92 Å². The van der Waals surface area contributed by atoms with Gasteiger partial charge in [0.2, 0.25) is 0 Å². The molecule has 0 saturated carbocycles. The second-order valence-electron chi connectivity index (χ2n) is 7.27. The van der Waals surface area contributed by atoms with Crippen LogP contribution in [0.1, 0.15) is 36.1 Å². The number of Topliss-reactive ketones (excluding diaryl/α,β-unsaturated/α-hetero) is 1. The summed E-state index contributed by atoms with van der Waals surface area (Å²) < 4.78 is 10.8. The van der Waals surface area contributed by atoms with Gasteiger partial charge in [0.05, 0.1) is 24.8 Å². The van der Waals surface area contributed by atoms with Gasteiger partial charge in [-0.15, -0.1) is 0 Å². The third-order valence-corrected chi connectivity index (χ3v) is 5.05. The van der Waals surface area contributed by atoms with Crippen molar-refractivity contribution in [3.63, 3.8) is 0 Å². The lowest BCUT2D eigenvalue weighted by atomic mass is 9.94. The van der Waals surface area contributed by atoms with Gasteiger partial charge in [-0.05, 0) is 31.0 Å². The molecule has 0 aliphatic carbocycles. The van der Waals surface area contributed by atoms with Gasteiger partial charge in [0.1, 0.15) is 11.5 Å². The molecule has 158 valence electrons. The fraction of sp³-hybridized carbons (Fsp3) is 0.333. The van der Waals surface area contributed by atoms with Gasteiger partial charge < -0.3 is 19.5 Å². The summed E-state index contributed by atoms with van der Waals surface area (Å²) in [6.45, 7) is 5.06. The Bertz CT molecular complexity index is 948. The van der Waals surface area contributed by atoms with Crippen molar-refractivity contribution in [3.8, 4) is 5.75 Å². The number of ether oxygens (including phenoxy) is 2. The molecule has 1 amide bonds. The predicted molar refractivity (Wildman–Crippen MR) is 114 cm³/mol. The van der Waals surface area contributed by atoms with E-state index in [9.17, 15) is 14.7 Å². The fourth-order valence-corrected chi connectivity index (χ4v) is 3.50. The molecule has 1 heterocycles. The molecule has 6 heteroatoms. The number of aryl methyl sites for hydroxylation is 1. The van der Waals surface area contributed by atoms with Crippen LogP contribution >= 0.6 is 0 Å². The molecular formula is C24H27NO5. The zero-order valence-corrected chi connectivity index (χ0v) is 17.6. The minimum Gasteiger partial charge on any atom is -0.507 e. The minimum absolute atomic E-state index is 0.0765. The first-order valence-corrected chi connectivity index (χ1v) is 10.0. The maximum absolute atomic E-state index is 12.9. The molecule has 1 aliphatic rings. The second kappa shape index (κ2) is 9.59. The van der Waals surface area contributed by atoms with Crippen molar-refractivity contribution < 1.29 is 24.2 Å². The zero-order valence-electron chi connectivity index (χ0n) is 17.6. The molecule has 0 radical (unpaired) electrons. The number of methoxy groups -OCH3 is 1. The smallest absolute Gasteiger partial charge is 0.295 e. The normalized spacial score (nSPS) is 18.1. The maximum atomic E-state index is 12.9. The standard InChI is InChI=1S/C24H27NO5/c1-4-13-30-19-7-5-6-18(15-19)22(26)20-21(17-10-8-16(2)9-11-17)25(12-14-29-3)24(28)23(20)27/h5-11,15,21,26H,4,12-14H2,1-3H3. The number of nitrogens with zero attached hydrogens (tertiary/aromatic N) is 1. The largest absolute Gasteiger partial charge is 0.507 e. The highest BCUT2D eigenvalue weighted by Crippen LogP contribution is 2.39. The SMILES string of the molecule is CCCOc1cccc(C(O)=C2C(=O)C(=O)N(CCOC)C2c2ccc(C)cc2)c1. The van der Waals surface area contributed by atoms with Gasteiger partial charge in [0.15, 0.2) is 0 Å². The van der Waals surface area contributed by atoms with Crippen LogP contribution in [-0.4, -0.2) is 48.6 Å². The fourth-order valence-electron chi connectivity index (χ4n) is 3.50. The number of carbonyl (C=O) groups excluding carboxylic acids is 2. The molecule has 1 fully saturated rings. The zero-order chi connectivity index (χ0) is 21.7. The highest BCUT2D eigenvalue weighted by molar-refractivity contribution is 6.46. The van der Waals surface area contributed by atoms with E-state index >= 15 is 0 Å². The summed E-state index contributed by atoms with van der Waals surface area (Å²) in [4.78, 5) is 27.1. The second-order valence-corrected chi connectivity index (χ2v) is 7.27. The highest BCUT2D eigenvalue weighted by atomic mass is 16.5.